The Kier molecular flexibility index (Phi) is 8.68. The number of nitrogens with zero attached hydrogens (tertiary/aromatic N) is 4. The molecule has 3 rings (SSSR count). The van der Waals surface area contributed by atoms with Crippen LogP contribution in [0.1, 0.15) is 38.3 Å². The summed E-state index contributed by atoms with van der Waals surface area (Å²) in [7, 11) is 0. The highest BCUT2D eigenvalue weighted by Crippen LogP contribution is 2.32. The lowest BCUT2D eigenvalue weighted by atomic mass is 10.1. The van der Waals surface area contributed by atoms with Gasteiger partial charge in [-0.2, -0.15) is 0 Å². The van der Waals surface area contributed by atoms with Crippen LogP contribution in [0.4, 0.5) is 5.82 Å². The van der Waals surface area contributed by atoms with Crippen LogP contribution in [0.5, 0.6) is 0 Å². The fraction of sp³-hybridized carbons (Fsp3) is 0.550. The van der Waals surface area contributed by atoms with E-state index in [9.17, 15) is 29.4 Å². The van der Waals surface area contributed by atoms with Crippen molar-refractivity contribution < 1.29 is 34.1 Å². The minimum atomic E-state index is -1.49. The third-order valence-electron chi connectivity index (χ3n) is 5.62. The maximum atomic E-state index is 12.5. The van der Waals surface area contributed by atoms with Gasteiger partial charge in [0.25, 0.3) is 5.91 Å². The van der Waals surface area contributed by atoms with E-state index in [1.165, 1.54) is 17.2 Å². The Morgan fingerprint density at radius 2 is 1.83 bits per heavy atom. The van der Waals surface area contributed by atoms with Gasteiger partial charge in [-0.1, -0.05) is 6.42 Å². The van der Waals surface area contributed by atoms with Gasteiger partial charge in [0.05, 0.1) is 12.7 Å². The molecule has 10 N–H and O–H groups in total. The van der Waals surface area contributed by atoms with Crippen LogP contribution in [0.2, 0.25) is 0 Å². The van der Waals surface area contributed by atoms with Gasteiger partial charge in [0.15, 0.2) is 23.8 Å². The number of nitrogen functional groups attached to an aromatic ring is 1. The largest absolute Gasteiger partial charge is 0.387 e. The number of aromatic nitrogens is 4. The van der Waals surface area contributed by atoms with Gasteiger partial charge >= 0.3 is 0 Å². The molecule has 1 saturated heterocycles. The van der Waals surface area contributed by atoms with Crippen LogP contribution in [0.15, 0.2) is 12.7 Å². The highest BCUT2D eigenvalue weighted by Gasteiger charge is 2.47. The Bertz CT molecular complexity index is 1120. The van der Waals surface area contributed by atoms with Crippen LogP contribution in [0.25, 0.3) is 11.2 Å². The molecule has 36 heavy (non-hydrogen) atoms. The zero-order chi connectivity index (χ0) is 26.4. The van der Waals surface area contributed by atoms with E-state index in [0.717, 1.165) is 0 Å². The maximum absolute atomic E-state index is 12.5. The fourth-order valence-electron chi connectivity index (χ4n) is 3.75. The molecule has 2 aromatic heterocycles. The molecule has 5 atom stereocenters. The number of hydrogen-bond acceptors (Lipinski definition) is 11. The summed E-state index contributed by atoms with van der Waals surface area (Å²) in [4.78, 5) is 58.6. The molecule has 0 radical (unpaired) electrons. The molecule has 3 heterocycles. The molecule has 0 aromatic carbocycles. The number of anilines is 1. The second kappa shape index (κ2) is 11.7. The summed E-state index contributed by atoms with van der Waals surface area (Å²) in [6.45, 7) is 0.233. The Balaban J connectivity index is 1.42. The van der Waals surface area contributed by atoms with Gasteiger partial charge in [0.2, 0.25) is 17.7 Å². The van der Waals surface area contributed by atoms with Gasteiger partial charge in [-0.15, -0.1) is 0 Å². The predicted molar refractivity (Wildman–Crippen MR) is 122 cm³/mol. The molecule has 1 aliphatic heterocycles. The Morgan fingerprint density at radius 1 is 1.08 bits per heavy atom. The number of aliphatic hydroxyl groups is 2. The second-order valence-electron chi connectivity index (χ2n) is 8.31. The Morgan fingerprint density at radius 3 is 2.53 bits per heavy atom. The summed E-state index contributed by atoms with van der Waals surface area (Å²) in [5, 5.41) is 25.8. The van der Waals surface area contributed by atoms with Gasteiger partial charge in [0.1, 0.15) is 30.1 Å². The topological polar surface area (TPSA) is 264 Å². The number of fused-ring (bicyclic) bond motifs is 1. The fourth-order valence-corrected chi connectivity index (χ4v) is 3.75. The smallest absolute Gasteiger partial charge is 0.252 e. The number of unbranched alkanes of at least 4 members (excludes halogenated alkanes) is 2. The van der Waals surface area contributed by atoms with Gasteiger partial charge < -0.3 is 42.8 Å². The van der Waals surface area contributed by atoms with Crippen LogP contribution in [0, 0.1) is 0 Å². The van der Waals surface area contributed by atoms with Crippen molar-refractivity contribution in [3.63, 3.8) is 0 Å². The third kappa shape index (κ3) is 6.21. The first-order chi connectivity index (χ1) is 17.1. The molecular weight excluding hydrogens is 478 g/mol. The van der Waals surface area contributed by atoms with Crippen molar-refractivity contribution in [3.05, 3.63) is 12.7 Å². The van der Waals surface area contributed by atoms with Crippen molar-refractivity contribution >= 4 is 40.6 Å². The molecule has 0 aliphatic carbocycles. The second-order valence-corrected chi connectivity index (χ2v) is 8.31. The van der Waals surface area contributed by atoms with Crippen molar-refractivity contribution in [2.45, 2.75) is 62.7 Å². The normalized spacial score (nSPS) is 22.3. The molecule has 196 valence electrons. The highest BCUT2D eigenvalue weighted by molar-refractivity contribution is 5.90. The molecule has 2 aromatic rings. The van der Waals surface area contributed by atoms with Crippen LogP contribution in [-0.2, 0) is 23.9 Å². The molecule has 0 saturated carbocycles. The van der Waals surface area contributed by atoms with E-state index in [0.29, 0.717) is 24.8 Å². The molecule has 0 unspecified atom stereocenters. The number of ether oxygens (including phenoxy) is 1. The number of amides is 4. The monoisotopic (exact) mass is 507 g/mol. The zero-order valence-corrected chi connectivity index (χ0v) is 19.2. The van der Waals surface area contributed by atoms with Gasteiger partial charge in [-0.3, -0.25) is 23.7 Å². The molecule has 16 heteroatoms. The number of aliphatic hydroxyl groups excluding tert-OH is 2. The number of nitrogens with one attached hydrogen (secondary N) is 2. The van der Waals surface area contributed by atoms with E-state index in [1.54, 1.807) is 0 Å². The molecule has 4 amide bonds. The lowest BCUT2D eigenvalue weighted by molar-refractivity contribution is -0.137. The molecule has 0 spiro atoms. The van der Waals surface area contributed by atoms with Crippen molar-refractivity contribution in [2.24, 2.45) is 11.5 Å². The number of carbonyl (C=O) groups excluding carboxylic acids is 4. The summed E-state index contributed by atoms with van der Waals surface area (Å²) >= 11 is 0. The van der Waals surface area contributed by atoms with Crippen LogP contribution >= 0.6 is 0 Å². The van der Waals surface area contributed by atoms with Crippen LogP contribution in [0.3, 0.4) is 0 Å². The van der Waals surface area contributed by atoms with E-state index in [4.69, 9.17) is 21.9 Å². The molecule has 16 nitrogen and oxygen atoms in total. The minimum absolute atomic E-state index is 0.0851. The first-order valence-corrected chi connectivity index (χ1v) is 11.2. The van der Waals surface area contributed by atoms with E-state index in [-0.39, 0.29) is 30.9 Å². The summed E-state index contributed by atoms with van der Waals surface area (Å²) < 4.78 is 6.99. The first kappa shape index (κ1) is 26.7. The Hall–Kier alpha value is -3.89. The summed E-state index contributed by atoms with van der Waals surface area (Å²) in [6.07, 6.45) is -1.59. The van der Waals surface area contributed by atoms with Crippen molar-refractivity contribution in [1.82, 2.24) is 30.2 Å². The number of nitrogens with two attached hydrogens (primary N) is 3. The minimum Gasteiger partial charge on any atom is -0.387 e. The van der Waals surface area contributed by atoms with E-state index >= 15 is 0 Å². The molecular formula is C20H29N9O7. The maximum Gasteiger partial charge on any atom is 0.252 e. The van der Waals surface area contributed by atoms with E-state index in [2.05, 4.69) is 25.6 Å². The third-order valence-corrected chi connectivity index (χ3v) is 5.62. The van der Waals surface area contributed by atoms with Crippen molar-refractivity contribution in [3.8, 4) is 0 Å². The zero-order valence-electron chi connectivity index (χ0n) is 19.2. The lowest BCUT2D eigenvalue weighted by Crippen LogP contribution is -2.46. The first-order valence-electron chi connectivity index (χ1n) is 11.2. The number of rotatable bonds is 12. The molecule has 1 aliphatic rings. The number of carbonyl (C=O) groups is 4. The highest BCUT2D eigenvalue weighted by atomic mass is 16.6. The molecule has 0 bridgehead atoms. The van der Waals surface area contributed by atoms with Crippen LogP contribution in [-0.4, -0.2) is 84.3 Å². The van der Waals surface area contributed by atoms with E-state index in [1.807, 2.05) is 0 Å². The average molecular weight is 508 g/mol. The van der Waals surface area contributed by atoms with Crippen molar-refractivity contribution in [2.75, 3.05) is 12.3 Å². The summed E-state index contributed by atoms with van der Waals surface area (Å²) in [5.74, 6) is -2.55. The summed E-state index contributed by atoms with van der Waals surface area (Å²) in [6, 6.07) is -1.16. The SMILES string of the molecule is NC(=O)C[C@@H](NC(=O)CCCCCNC(=O)[C@H]1O[C@@H](n2cnc3c(N)ncnc32)[C@H](O)[C@@H]1O)C(N)=O. The van der Waals surface area contributed by atoms with Crippen molar-refractivity contribution in [1.29, 1.82) is 0 Å². The number of hydrogen-bond donors (Lipinski definition) is 7. The summed E-state index contributed by atoms with van der Waals surface area (Å²) in [5.41, 5.74) is 16.5. The van der Waals surface area contributed by atoms with Gasteiger partial charge in [-0.05, 0) is 12.8 Å². The standard InChI is InChI=1S/C20H29N9O7/c21-10(30)6-9(17(23)34)28-11(31)4-2-1-3-5-24-19(35)15-13(32)14(33)20(36-15)29-8-27-12-16(22)25-7-26-18(12)29/h7-9,13-15,20,32-33H,1-6H2,(H2,21,30)(H2,23,34)(H,24,35)(H,28,31)(H2,22,25,26)/t9-,13+,14-,15+,20-/m1/s1. The quantitative estimate of drug-likeness (QED) is 0.139. The average Bonchev–Trinajstić information content (AvgIpc) is 3.37. The van der Waals surface area contributed by atoms with Gasteiger partial charge in [-0.25, -0.2) is 15.0 Å². The molecule has 1 fully saturated rings. The van der Waals surface area contributed by atoms with Crippen LogP contribution < -0.4 is 27.8 Å². The van der Waals surface area contributed by atoms with E-state index < -0.39 is 54.2 Å². The Labute approximate surface area is 204 Å². The van der Waals surface area contributed by atoms with Gasteiger partial charge in [0, 0.05) is 13.0 Å². The number of primary amides is 2. The predicted octanol–water partition coefficient (Wildman–Crippen LogP) is -3.45. The lowest BCUT2D eigenvalue weighted by Gasteiger charge is -2.16. The number of imidazole rings is 1.